The summed E-state index contributed by atoms with van der Waals surface area (Å²) in [6.07, 6.45) is 6.43. The molecule has 2 bridgehead atoms. The Bertz CT molecular complexity index is 665. The zero-order valence-electron chi connectivity index (χ0n) is 13.4. The van der Waals surface area contributed by atoms with E-state index < -0.39 is 10.0 Å². The Morgan fingerprint density at radius 2 is 1.86 bits per heavy atom. The van der Waals surface area contributed by atoms with Crippen molar-refractivity contribution in [2.75, 3.05) is 5.75 Å². The van der Waals surface area contributed by atoms with E-state index in [-0.39, 0.29) is 34.4 Å². The van der Waals surface area contributed by atoms with Gasteiger partial charge in [-0.15, -0.1) is 0 Å². The molecule has 5 atom stereocenters. The Morgan fingerprint density at radius 3 is 2.50 bits per heavy atom. The van der Waals surface area contributed by atoms with Gasteiger partial charge in [0.1, 0.15) is 0 Å². The first kappa shape index (κ1) is 13.8. The van der Waals surface area contributed by atoms with Crippen LogP contribution >= 0.6 is 0 Å². The molecule has 0 N–H and O–H groups in total. The lowest BCUT2D eigenvalue weighted by Gasteiger charge is -2.37. The van der Waals surface area contributed by atoms with Crippen molar-refractivity contribution in [2.45, 2.75) is 58.4 Å². The number of sulfonamides is 1. The number of nitrogens with zero attached hydrogens (tertiary/aromatic N) is 1. The first-order valence-electron chi connectivity index (χ1n) is 8.84. The Balaban J connectivity index is 1.50. The molecule has 4 nitrogen and oxygen atoms in total. The van der Waals surface area contributed by atoms with Crippen molar-refractivity contribution >= 4 is 15.9 Å². The van der Waals surface area contributed by atoms with Crippen molar-refractivity contribution in [1.29, 1.82) is 0 Å². The third kappa shape index (κ3) is 1.45. The quantitative estimate of drug-likeness (QED) is 0.784. The molecule has 5 fully saturated rings. The Kier molecular flexibility index (Phi) is 2.35. The molecule has 1 spiro atoms. The van der Waals surface area contributed by atoms with Gasteiger partial charge in [-0.1, -0.05) is 13.8 Å². The van der Waals surface area contributed by atoms with E-state index >= 15 is 0 Å². The predicted octanol–water partition coefficient (Wildman–Crippen LogP) is 2.40. The number of carbonyl (C=O) groups excluding carboxylic acids is 1. The van der Waals surface area contributed by atoms with Gasteiger partial charge >= 0.3 is 0 Å². The van der Waals surface area contributed by atoms with E-state index in [1.165, 1.54) is 17.1 Å². The van der Waals surface area contributed by atoms with Crippen LogP contribution in [0.3, 0.4) is 0 Å². The Hall–Kier alpha value is -0.580. The highest BCUT2D eigenvalue weighted by molar-refractivity contribution is 7.90. The van der Waals surface area contributed by atoms with Crippen LogP contribution < -0.4 is 0 Å². The van der Waals surface area contributed by atoms with E-state index in [0.717, 1.165) is 25.7 Å². The molecule has 5 rings (SSSR count). The molecule has 1 heterocycles. The molecule has 4 aliphatic carbocycles. The third-order valence-corrected chi connectivity index (χ3v) is 9.93. The lowest BCUT2D eigenvalue weighted by atomic mass is 9.69. The molecule has 4 saturated carbocycles. The summed E-state index contributed by atoms with van der Waals surface area (Å²) in [4.78, 5) is 12.9. The van der Waals surface area contributed by atoms with Crippen LogP contribution in [0.4, 0.5) is 0 Å². The second kappa shape index (κ2) is 3.73. The number of rotatable bonds is 2. The largest absolute Gasteiger partial charge is 0.273 e. The average Bonchev–Trinajstić information content (AvgIpc) is 3.30. The van der Waals surface area contributed by atoms with Crippen LogP contribution in [-0.4, -0.2) is 30.4 Å². The molecule has 122 valence electrons. The molecule has 0 radical (unpaired) electrons. The summed E-state index contributed by atoms with van der Waals surface area (Å²) in [6.45, 7) is 4.47. The van der Waals surface area contributed by atoms with Crippen molar-refractivity contribution in [2.24, 2.45) is 34.5 Å². The second-order valence-corrected chi connectivity index (χ2v) is 10.9. The van der Waals surface area contributed by atoms with Crippen LogP contribution in [0.2, 0.25) is 0 Å². The monoisotopic (exact) mass is 323 g/mol. The highest BCUT2D eigenvalue weighted by Gasteiger charge is 2.73. The molecule has 0 aromatic heterocycles. The molecule has 0 unspecified atom stereocenters. The standard InChI is InChI=1S/C17H25NO3S/c1-16(2)11-5-6-17(16)9-22(20,21)18(14(17)7-11)15(19)13-8-12(13)10-3-4-10/h10-14H,3-9H2,1-2H3/t11-,12-,13+,14-,17-/m1/s1. The lowest BCUT2D eigenvalue weighted by Crippen LogP contribution is -2.44. The van der Waals surface area contributed by atoms with E-state index in [1.54, 1.807) is 0 Å². The maximum atomic E-state index is 12.9. The molecule has 5 aliphatic rings. The summed E-state index contributed by atoms with van der Waals surface area (Å²) in [5.74, 6) is 1.96. The summed E-state index contributed by atoms with van der Waals surface area (Å²) in [5.41, 5.74) is -0.116. The average molecular weight is 323 g/mol. The number of amides is 1. The number of fused-ring (bicyclic) bond motifs is 1. The van der Waals surface area contributed by atoms with E-state index in [0.29, 0.717) is 17.8 Å². The summed E-state index contributed by atoms with van der Waals surface area (Å²) in [7, 11) is -3.41. The minimum atomic E-state index is -3.41. The number of hydrogen-bond acceptors (Lipinski definition) is 3. The van der Waals surface area contributed by atoms with Crippen LogP contribution in [0, 0.1) is 34.5 Å². The first-order valence-corrected chi connectivity index (χ1v) is 10.4. The minimum Gasteiger partial charge on any atom is -0.273 e. The summed E-state index contributed by atoms with van der Waals surface area (Å²) in [5, 5.41) is 0. The van der Waals surface area contributed by atoms with Crippen LogP contribution in [-0.2, 0) is 14.8 Å². The van der Waals surface area contributed by atoms with E-state index in [9.17, 15) is 13.2 Å². The normalized spacial score (nSPS) is 50.2. The van der Waals surface area contributed by atoms with Gasteiger partial charge in [0.05, 0.1) is 11.8 Å². The highest BCUT2D eigenvalue weighted by Crippen LogP contribution is 2.70. The Labute approximate surface area is 132 Å². The van der Waals surface area contributed by atoms with Crippen molar-refractivity contribution in [1.82, 2.24) is 4.31 Å². The van der Waals surface area contributed by atoms with Crippen LogP contribution in [0.5, 0.6) is 0 Å². The topological polar surface area (TPSA) is 54.5 Å². The van der Waals surface area contributed by atoms with E-state index in [2.05, 4.69) is 13.8 Å². The summed E-state index contributed by atoms with van der Waals surface area (Å²) in [6, 6.07) is -0.0424. The van der Waals surface area contributed by atoms with E-state index in [1.807, 2.05) is 0 Å². The van der Waals surface area contributed by atoms with Crippen LogP contribution in [0.25, 0.3) is 0 Å². The maximum Gasteiger partial charge on any atom is 0.239 e. The fourth-order valence-electron chi connectivity index (χ4n) is 6.29. The molecular weight excluding hydrogens is 298 g/mol. The first-order chi connectivity index (χ1) is 10.3. The molecule has 22 heavy (non-hydrogen) atoms. The van der Waals surface area contributed by atoms with Gasteiger partial charge in [-0.2, -0.15) is 0 Å². The molecule has 0 aromatic rings. The fourth-order valence-corrected chi connectivity index (χ4v) is 8.87. The zero-order valence-corrected chi connectivity index (χ0v) is 14.2. The summed E-state index contributed by atoms with van der Waals surface area (Å²) < 4.78 is 27.0. The van der Waals surface area contributed by atoms with Crippen LogP contribution in [0.15, 0.2) is 0 Å². The van der Waals surface area contributed by atoms with E-state index in [4.69, 9.17) is 0 Å². The van der Waals surface area contributed by atoms with Crippen molar-refractivity contribution < 1.29 is 13.2 Å². The number of carbonyl (C=O) groups is 1. The highest BCUT2D eigenvalue weighted by atomic mass is 32.2. The second-order valence-electron chi connectivity index (χ2n) is 9.10. The molecular formula is C17H25NO3S. The molecule has 1 saturated heterocycles. The molecule has 1 aliphatic heterocycles. The smallest absolute Gasteiger partial charge is 0.239 e. The van der Waals surface area contributed by atoms with Gasteiger partial charge in [-0.25, -0.2) is 12.7 Å². The zero-order chi connectivity index (χ0) is 15.5. The van der Waals surface area contributed by atoms with Crippen LogP contribution in [0.1, 0.15) is 52.4 Å². The van der Waals surface area contributed by atoms with Gasteiger partial charge in [-0.3, -0.25) is 4.79 Å². The third-order valence-electron chi connectivity index (χ3n) is 8.01. The van der Waals surface area contributed by atoms with Crippen molar-refractivity contribution in [3.63, 3.8) is 0 Å². The van der Waals surface area contributed by atoms with Gasteiger partial charge < -0.3 is 0 Å². The number of hydrogen-bond donors (Lipinski definition) is 0. The molecule has 0 aromatic carbocycles. The maximum absolute atomic E-state index is 12.9. The molecule has 1 amide bonds. The minimum absolute atomic E-state index is 0.0136. The fraction of sp³-hybridized carbons (Fsp3) is 0.941. The summed E-state index contributed by atoms with van der Waals surface area (Å²) >= 11 is 0. The lowest BCUT2D eigenvalue weighted by molar-refractivity contribution is -0.130. The van der Waals surface area contributed by atoms with Crippen molar-refractivity contribution in [3.05, 3.63) is 0 Å². The SMILES string of the molecule is CC1(C)[C@@H]2CC[C@]13CS(=O)(=O)N(C(=O)[C@H]1C[C@@H]1C1CC1)[C@@H]3C2. The molecule has 5 heteroatoms. The van der Waals surface area contributed by atoms with Gasteiger partial charge in [0.25, 0.3) is 0 Å². The van der Waals surface area contributed by atoms with Crippen molar-refractivity contribution in [3.8, 4) is 0 Å². The van der Waals surface area contributed by atoms with Gasteiger partial charge in [0, 0.05) is 11.3 Å². The predicted molar refractivity (Wildman–Crippen MR) is 82.3 cm³/mol. The van der Waals surface area contributed by atoms with Gasteiger partial charge in [0.2, 0.25) is 15.9 Å². The Morgan fingerprint density at radius 1 is 1.14 bits per heavy atom. The van der Waals surface area contributed by atoms with Gasteiger partial charge in [0.15, 0.2) is 0 Å². The van der Waals surface area contributed by atoms with Gasteiger partial charge in [-0.05, 0) is 61.7 Å².